The number of aromatic nitrogens is 1. The van der Waals surface area contributed by atoms with E-state index >= 15 is 0 Å². The minimum atomic E-state index is -3.54. The third kappa shape index (κ3) is 3.47. The van der Waals surface area contributed by atoms with E-state index in [2.05, 4.69) is 9.88 Å². The number of fused-ring (bicyclic) bond motifs is 1. The molecule has 1 aromatic heterocycles. The molecule has 0 amide bonds. The smallest absolute Gasteiger partial charge is 0.177 e. The van der Waals surface area contributed by atoms with Crippen LogP contribution in [0.1, 0.15) is 5.69 Å². The van der Waals surface area contributed by atoms with Crippen molar-refractivity contribution in [3.8, 4) is 11.1 Å². The molecule has 2 aromatic carbocycles. The molecule has 0 spiro atoms. The molecule has 0 bridgehead atoms. The Balaban J connectivity index is 2.03. The zero-order valence-corrected chi connectivity index (χ0v) is 16.6. The first-order valence-electron chi connectivity index (χ1n) is 9.07. The first-order chi connectivity index (χ1) is 13.3. The molecule has 2 heterocycles. The van der Waals surface area contributed by atoms with E-state index in [1.165, 1.54) is 18.4 Å². The van der Waals surface area contributed by atoms with Crippen molar-refractivity contribution in [2.45, 2.75) is 11.8 Å². The molecule has 3 aromatic rings. The molecule has 0 saturated carbocycles. The zero-order chi connectivity index (χ0) is 19.9. The number of benzene rings is 2. The van der Waals surface area contributed by atoms with Crippen LogP contribution >= 0.6 is 0 Å². The second-order valence-electron chi connectivity index (χ2n) is 6.98. The van der Waals surface area contributed by atoms with Crippen molar-refractivity contribution in [1.29, 1.82) is 0 Å². The molecule has 28 heavy (non-hydrogen) atoms. The molecular weight excluding hydrogens is 379 g/mol. The Hall–Kier alpha value is -2.51. The average Bonchev–Trinajstić information content (AvgIpc) is 2.67. The van der Waals surface area contributed by atoms with E-state index in [0.29, 0.717) is 35.6 Å². The van der Waals surface area contributed by atoms with Gasteiger partial charge in [0.15, 0.2) is 9.84 Å². The van der Waals surface area contributed by atoms with Crippen LogP contribution < -0.4 is 4.90 Å². The highest BCUT2D eigenvalue weighted by molar-refractivity contribution is 7.91. The first kappa shape index (κ1) is 18.8. The van der Waals surface area contributed by atoms with Crippen LogP contribution in [-0.2, 0) is 14.6 Å². The second kappa shape index (κ2) is 7.14. The first-order valence-corrected chi connectivity index (χ1v) is 11.0. The molecule has 1 fully saturated rings. The van der Waals surface area contributed by atoms with Gasteiger partial charge in [0.25, 0.3) is 0 Å². The summed E-state index contributed by atoms with van der Waals surface area (Å²) in [5.41, 5.74) is 3.36. The number of anilines is 1. The van der Waals surface area contributed by atoms with Crippen LogP contribution in [0, 0.1) is 12.7 Å². The van der Waals surface area contributed by atoms with Gasteiger partial charge in [-0.1, -0.05) is 12.1 Å². The highest BCUT2D eigenvalue weighted by atomic mass is 32.2. The van der Waals surface area contributed by atoms with E-state index in [4.69, 9.17) is 4.74 Å². The van der Waals surface area contributed by atoms with Gasteiger partial charge in [-0.25, -0.2) is 12.8 Å². The van der Waals surface area contributed by atoms with Crippen LogP contribution in [-0.4, -0.2) is 46.0 Å². The molecule has 5 nitrogen and oxygen atoms in total. The maximum atomic E-state index is 13.5. The summed E-state index contributed by atoms with van der Waals surface area (Å²) >= 11 is 0. The number of rotatable bonds is 3. The molecule has 0 radical (unpaired) electrons. The van der Waals surface area contributed by atoms with Gasteiger partial charge in [-0.3, -0.25) is 4.98 Å². The second-order valence-corrected chi connectivity index (χ2v) is 8.93. The van der Waals surface area contributed by atoms with Gasteiger partial charge in [-0.2, -0.15) is 0 Å². The Bertz CT molecular complexity index is 1140. The Kier molecular flexibility index (Phi) is 4.81. The van der Waals surface area contributed by atoms with E-state index in [1.807, 2.05) is 18.2 Å². The van der Waals surface area contributed by atoms with Crippen molar-refractivity contribution in [3.05, 3.63) is 54.0 Å². The molecule has 1 aliphatic heterocycles. The minimum Gasteiger partial charge on any atom is -0.378 e. The number of pyridine rings is 1. The Morgan fingerprint density at radius 1 is 1.07 bits per heavy atom. The van der Waals surface area contributed by atoms with Gasteiger partial charge in [-0.15, -0.1) is 0 Å². The number of ether oxygens (including phenoxy) is 1. The molecule has 0 atom stereocenters. The van der Waals surface area contributed by atoms with E-state index in [1.54, 1.807) is 19.1 Å². The molecular formula is C21H21FN2O3S. The van der Waals surface area contributed by atoms with E-state index in [9.17, 15) is 12.8 Å². The molecule has 0 N–H and O–H groups in total. The monoisotopic (exact) mass is 400 g/mol. The zero-order valence-electron chi connectivity index (χ0n) is 15.8. The average molecular weight is 400 g/mol. The number of hydrogen-bond donors (Lipinski definition) is 0. The number of morpholine rings is 1. The third-order valence-corrected chi connectivity index (χ3v) is 6.21. The molecule has 146 valence electrons. The molecule has 1 aliphatic rings. The van der Waals surface area contributed by atoms with Gasteiger partial charge in [0.1, 0.15) is 5.82 Å². The fourth-order valence-electron chi connectivity index (χ4n) is 3.73. The number of nitrogens with zero attached hydrogens (tertiary/aromatic N) is 2. The number of sulfone groups is 1. The Morgan fingerprint density at radius 2 is 1.75 bits per heavy atom. The summed E-state index contributed by atoms with van der Waals surface area (Å²) in [6, 6.07) is 11.8. The lowest BCUT2D eigenvalue weighted by atomic mass is 9.99. The maximum absolute atomic E-state index is 13.5. The van der Waals surface area contributed by atoms with Crippen LogP contribution in [0.3, 0.4) is 0 Å². The van der Waals surface area contributed by atoms with Gasteiger partial charge < -0.3 is 9.64 Å². The van der Waals surface area contributed by atoms with Gasteiger partial charge >= 0.3 is 0 Å². The summed E-state index contributed by atoms with van der Waals surface area (Å²) < 4.78 is 44.1. The predicted molar refractivity (Wildman–Crippen MR) is 108 cm³/mol. The number of hydrogen-bond acceptors (Lipinski definition) is 5. The summed E-state index contributed by atoms with van der Waals surface area (Å²) in [5, 5.41) is 0.738. The maximum Gasteiger partial charge on any atom is 0.177 e. The van der Waals surface area contributed by atoms with Crippen molar-refractivity contribution in [1.82, 2.24) is 4.98 Å². The summed E-state index contributed by atoms with van der Waals surface area (Å²) in [6.07, 6.45) is 1.18. The minimum absolute atomic E-state index is 0.186. The predicted octanol–water partition coefficient (Wildman–Crippen LogP) is 3.59. The Morgan fingerprint density at radius 3 is 2.39 bits per heavy atom. The largest absolute Gasteiger partial charge is 0.378 e. The van der Waals surface area contributed by atoms with Crippen molar-refractivity contribution in [3.63, 3.8) is 0 Å². The van der Waals surface area contributed by atoms with Crippen LogP contribution in [0.2, 0.25) is 0 Å². The van der Waals surface area contributed by atoms with Crippen molar-refractivity contribution in [2.24, 2.45) is 0 Å². The summed E-state index contributed by atoms with van der Waals surface area (Å²) in [5.74, 6) is -0.367. The highest BCUT2D eigenvalue weighted by Gasteiger charge is 2.23. The highest BCUT2D eigenvalue weighted by Crippen LogP contribution is 2.37. The lowest BCUT2D eigenvalue weighted by Crippen LogP contribution is -2.36. The Labute approximate surface area is 163 Å². The summed E-state index contributed by atoms with van der Waals surface area (Å²) in [7, 11) is -3.54. The summed E-state index contributed by atoms with van der Waals surface area (Å²) in [4.78, 5) is 6.93. The fourth-order valence-corrected chi connectivity index (χ4v) is 4.91. The van der Waals surface area contributed by atoms with E-state index in [0.717, 1.165) is 24.2 Å². The van der Waals surface area contributed by atoms with Crippen LogP contribution in [0.5, 0.6) is 0 Å². The van der Waals surface area contributed by atoms with E-state index in [-0.39, 0.29) is 10.7 Å². The van der Waals surface area contributed by atoms with Crippen molar-refractivity contribution < 1.29 is 17.5 Å². The van der Waals surface area contributed by atoms with Crippen molar-refractivity contribution >= 4 is 26.4 Å². The van der Waals surface area contributed by atoms with Gasteiger partial charge in [-0.05, 0) is 42.8 Å². The van der Waals surface area contributed by atoms with Gasteiger partial charge in [0.05, 0.1) is 29.3 Å². The van der Waals surface area contributed by atoms with Gasteiger partial charge in [0, 0.05) is 36.0 Å². The van der Waals surface area contributed by atoms with Crippen LogP contribution in [0.25, 0.3) is 22.0 Å². The topological polar surface area (TPSA) is 59.5 Å². The normalized spacial score (nSPS) is 15.2. The molecule has 0 unspecified atom stereocenters. The third-order valence-electron chi connectivity index (χ3n) is 4.97. The number of halogens is 1. The standard InChI is InChI=1S/C21H21FN2O3S/c1-14-21(28(2,25)26)20(15-3-5-16(22)6-4-15)18-13-17(7-8-19(18)23-14)24-9-11-27-12-10-24/h3-8,13H,9-12H2,1-2H3. The molecule has 7 heteroatoms. The number of aryl methyl sites for hydroxylation is 1. The fraction of sp³-hybridized carbons (Fsp3) is 0.286. The van der Waals surface area contributed by atoms with Crippen LogP contribution in [0.15, 0.2) is 47.4 Å². The molecule has 4 rings (SSSR count). The summed E-state index contributed by atoms with van der Waals surface area (Å²) in [6.45, 7) is 4.55. The SMILES string of the molecule is Cc1nc2ccc(N3CCOCC3)cc2c(-c2ccc(F)cc2)c1S(C)(=O)=O. The van der Waals surface area contributed by atoms with E-state index < -0.39 is 9.84 Å². The van der Waals surface area contributed by atoms with Gasteiger partial charge in [0.2, 0.25) is 0 Å². The lowest BCUT2D eigenvalue weighted by molar-refractivity contribution is 0.122. The van der Waals surface area contributed by atoms with Crippen molar-refractivity contribution in [2.75, 3.05) is 37.5 Å². The molecule has 1 saturated heterocycles. The van der Waals surface area contributed by atoms with Crippen LogP contribution in [0.4, 0.5) is 10.1 Å². The lowest BCUT2D eigenvalue weighted by Gasteiger charge is -2.29. The molecule has 0 aliphatic carbocycles. The quantitative estimate of drug-likeness (QED) is 0.672.